The van der Waals surface area contributed by atoms with Crippen LogP contribution in [0, 0.1) is 0 Å². The fourth-order valence-corrected chi connectivity index (χ4v) is 0. The Bertz CT molecular complexity index is 124. The number of rotatable bonds is 0. The Morgan fingerprint density at radius 2 is 0.500 bits per heavy atom. The second-order valence-electron chi connectivity index (χ2n) is 0.750. The monoisotopic (exact) mass is 290 g/mol. The van der Waals surface area contributed by atoms with Crippen LogP contribution in [-0.4, -0.2) is 73.6 Å². The summed E-state index contributed by atoms with van der Waals surface area (Å²) in [4.78, 5) is 51.1. The molecule has 0 radical (unpaired) electrons. The Morgan fingerprint density at radius 3 is 0.500 bits per heavy atom. The summed E-state index contributed by atoms with van der Waals surface area (Å²) in [7, 11) is -10.9. The van der Waals surface area contributed by atoms with Crippen molar-refractivity contribution in [3.05, 3.63) is 0 Å². The Labute approximate surface area is 152 Å². The third-order valence-electron chi connectivity index (χ3n) is 0. The average molecular weight is 291 g/mol. The fourth-order valence-electron chi connectivity index (χ4n) is 0. The summed E-state index contributed by atoms with van der Waals surface area (Å²) in [6.45, 7) is 0. The van der Waals surface area contributed by atoms with Gasteiger partial charge in [0.05, 0.1) is 0 Å². The molecule has 0 amide bonds. The third kappa shape index (κ3) is 1330. The maximum absolute atomic E-state index is 8.52. The van der Waals surface area contributed by atoms with Crippen molar-refractivity contribution in [2.24, 2.45) is 0 Å². The van der Waals surface area contributed by atoms with Crippen LogP contribution in [0.15, 0.2) is 0 Å². The predicted molar refractivity (Wildman–Crippen MR) is 30.8 cm³/mol. The molecular formula is Li2Mg2O9Si3. The quantitative estimate of drug-likeness (QED) is 0.390. The Kier molecular flexibility index (Phi) is 97.0. The van der Waals surface area contributed by atoms with Crippen LogP contribution in [0.1, 0.15) is 0 Å². The van der Waals surface area contributed by atoms with Crippen molar-refractivity contribution in [1.29, 1.82) is 0 Å². The van der Waals surface area contributed by atoms with Gasteiger partial charge >= 0.3 is 83.8 Å². The van der Waals surface area contributed by atoms with E-state index in [0.29, 0.717) is 0 Å². The van der Waals surface area contributed by atoms with Crippen LogP contribution in [0.25, 0.3) is 0 Å². The Morgan fingerprint density at radius 1 is 0.500 bits per heavy atom. The van der Waals surface area contributed by atoms with E-state index in [9.17, 15) is 0 Å². The van der Waals surface area contributed by atoms with E-state index in [1.54, 1.807) is 0 Å². The summed E-state index contributed by atoms with van der Waals surface area (Å²) < 4.78 is 25.6. The van der Waals surface area contributed by atoms with Crippen molar-refractivity contribution in [3.63, 3.8) is 0 Å². The van der Waals surface area contributed by atoms with Crippen LogP contribution in [0.5, 0.6) is 0 Å². The zero-order valence-electron chi connectivity index (χ0n) is 8.59. The third-order valence-corrected chi connectivity index (χ3v) is 0. The summed E-state index contributed by atoms with van der Waals surface area (Å²) in [6, 6.07) is 0. The molecule has 0 atom stereocenters. The number of hydrogen-bond acceptors (Lipinski definition) is 9. The molecular weight excluding hydrogens is 291 g/mol. The van der Waals surface area contributed by atoms with Crippen LogP contribution in [0.2, 0.25) is 0 Å². The molecule has 0 aliphatic carbocycles. The second-order valence-corrected chi connectivity index (χ2v) is 2.25. The first-order chi connectivity index (χ1) is 5.20. The van der Waals surface area contributed by atoms with Crippen molar-refractivity contribution in [3.8, 4) is 0 Å². The maximum Gasteiger partial charge on any atom is 2.00 e. The van der Waals surface area contributed by atoms with Gasteiger partial charge < -0.3 is 42.2 Å². The van der Waals surface area contributed by atoms with Gasteiger partial charge in [-0.1, -0.05) is 0 Å². The zero-order valence-corrected chi connectivity index (χ0v) is 14.4. The fraction of sp³-hybridized carbons (Fsp3) is 0. The molecule has 16 heavy (non-hydrogen) atoms. The van der Waals surface area contributed by atoms with E-state index in [1.165, 1.54) is 0 Å². The van der Waals surface area contributed by atoms with Gasteiger partial charge in [0.25, 0.3) is 0 Å². The first-order valence-electron chi connectivity index (χ1n) is 1.84. The first-order valence-corrected chi connectivity index (χ1v) is 5.51. The minimum atomic E-state index is -3.63. The molecule has 0 spiro atoms. The van der Waals surface area contributed by atoms with Crippen molar-refractivity contribution in [1.82, 2.24) is 0 Å². The molecule has 0 aromatic rings. The molecule has 0 aliphatic rings. The van der Waals surface area contributed by atoms with Gasteiger partial charge in [0.1, 0.15) is 0 Å². The van der Waals surface area contributed by atoms with E-state index < -0.39 is 27.5 Å². The van der Waals surface area contributed by atoms with E-state index in [2.05, 4.69) is 0 Å². The molecule has 72 valence electrons. The van der Waals surface area contributed by atoms with Gasteiger partial charge in [-0.15, -0.1) is 0 Å². The van der Waals surface area contributed by atoms with Gasteiger partial charge in [0.2, 0.25) is 0 Å². The second kappa shape index (κ2) is 36.0. The van der Waals surface area contributed by atoms with Gasteiger partial charge in [-0.05, 0) is 0 Å². The van der Waals surface area contributed by atoms with Gasteiger partial charge in [0.15, 0.2) is 0 Å². The van der Waals surface area contributed by atoms with Crippen molar-refractivity contribution in [2.75, 3.05) is 0 Å². The predicted octanol–water partition coefficient (Wildman–Crippen LogP) is -15.4. The minimum absolute atomic E-state index is 0. The first kappa shape index (κ1) is 43.2. The van der Waals surface area contributed by atoms with E-state index in [1.807, 2.05) is 0 Å². The topological polar surface area (TPSA) is 190 Å². The molecule has 0 N–H and O–H groups in total. The van der Waals surface area contributed by atoms with Crippen molar-refractivity contribution in [2.45, 2.75) is 0 Å². The van der Waals surface area contributed by atoms with E-state index >= 15 is 0 Å². The Balaban J connectivity index is -0.0000000135. The van der Waals surface area contributed by atoms with E-state index in [0.717, 1.165) is 0 Å². The molecule has 0 aromatic heterocycles. The summed E-state index contributed by atoms with van der Waals surface area (Å²) >= 11 is 0. The van der Waals surface area contributed by atoms with Crippen LogP contribution in [0.4, 0.5) is 0 Å². The van der Waals surface area contributed by atoms with Crippen LogP contribution >= 0.6 is 0 Å². The summed E-state index contributed by atoms with van der Waals surface area (Å²) in [5.74, 6) is 0. The zero-order chi connectivity index (χ0) is 10.7. The van der Waals surface area contributed by atoms with Crippen LogP contribution in [0.3, 0.4) is 0 Å². The molecule has 0 heterocycles. The molecule has 16 heteroatoms. The molecule has 0 rings (SSSR count). The van der Waals surface area contributed by atoms with Crippen molar-refractivity contribution < 1.29 is 79.9 Å². The van der Waals surface area contributed by atoms with E-state index in [4.69, 9.17) is 42.2 Å². The van der Waals surface area contributed by atoms with E-state index in [-0.39, 0.29) is 83.8 Å². The van der Waals surface area contributed by atoms with Gasteiger partial charge in [0, 0.05) is 27.5 Å². The smallest absolute Gasteiger partial charge is 0.672 e. The molecule has 0 saturated heterocycles. The molecule has 0 aliphatic heterocycles. The number of hydrogen-bond donors (Lipinski definition) is 0. The molecule has 0 bridgehead atoms. The summed E-state index contributed by atoms with van der Waals surface area (Å²) in [5, 5.41) is 0. The van der Waals surface area contributed by atoms with Crippen LogP contribution < -0.4 is 66.5 Å². The van der Waals surface area contributed by atoms with Crippen LogP contribution in [-0.2, 0) is 13.4 Å². The average Bonchev–Trinajstić information content (AvgIpc) is 1.54. The standard InChI is InChI=1S/2Li.2Mg.3O3Si/c;;;;3*1-4(2)3/q2*+1;2*+2;3*-2. The van der Waals surface area contributed by atoms with Gasteiger partial charge in [-0.2, -0.15) is 0 Å². The molecule has 0 fully saturated rings. The summed E-state index contributed by atoms with van der Waals surface area (Å²) in [5.41, 5.74) is 0. The maximum atomic E-state index is 8.52. The molecule has 0 saturated carbocycles. The normalized spacial score (nSPS) is 4.50. The Hall–Kier alpha value is 1.58. The largest absolute Gasteiger partial charge is 2.00 e. The van der Waals surface area contributed by atoms with Gasteiger partial charge in [-0.3, -0.25) is 0 Å². The molecule has 9 nitrogen and oxygen atoms in total. The molecule has 0 aromatic carbocycles. The van der Waals surface area contributed by atoms with Gasteiger partial charge in [-0.25, -0.2) is 0 Å². The van der Waals surface area contributed by atoms with Crippen molar-refractivity contribution >= 4 is 73.6 Å². The minimum Gasteiger partial charge on any atom is -0.672 e. The summed E-state index contributed by atoms with van der Waals surface area (Å²) in [6.07, 6.45) is 0. The molecule has 0 unspecified atom stereocenters. The SMILES string of the molecule is O=[Si]([O-])[O-].O=[Si]([O-])[O-].O=[Si]([O-])[O-].[Li+].[Li+].[Mg+2].[Mg+2].